The van der Waals surface area contributed by atoms with Crippen molar-refractivity contribution in [1.82, 2.24) is 0 Å². The molecule has 4 heterocycles. The van der Waals surface area contributed by atoms with Crippen LogP contribution in [0.4, 0.5) is 0 Å². The summed E-state index contributed by atoms with van der Waals surface area (Å²) in [6, 6.07) is 0. The summed E-state index contributed by atoms with van der Waals surface area (Å²) in [4.78, 5) is 0. The monoisotopic (exact) mass is 202 g/mol. The van der Waals surface area contributed by atoms with Gasteiger partial charge in [-0.2, -0.15) is 0 Å². The number of rotatable bonds is 2. The largest absolute Gasteiger partial charge is 0.395 e. The van der Waals surface area contributed by atoms with Gasteiger partial charge >= 0.3 is 0 Å². The Morgan fingerprint density at radius 1 is 1.07 bits per heavy atom. The fraction of sp³-hybridized carbons (Fsp3) is 1.00. The lowest BCUT2D eigenvalue weighted by molar-refractivity contribution is -0.511. The van der Waals surface area contributed by atoms with Gasteiger partial charge in [0.15, 0.2) is 0 Å². The minimum absolute atomic E-state index is 0.0301. The van der Waals surface area contributed by atoms with Crippen LogP contribution in [0.5, 0.6) is 0 Å². The Labute approximate surface area is 81.9 Å². The normalized spacial score (nSPS) is 44.8. The molecule has 5 nitrogen and oxygen atoms in total. The van der Waals surface area contributed by atoms with E-state index in [1.807, 2.05) is 0 Å². The number of hydrogen-bond acceptors (Lipinski definition) is 5. The molecule has 4 fully saturated rings. The maximum Gasteiger partial charge on any atom is 0.295 e. The van der Waals surface area contributed by atoms with E-state index in [0.29, 0.717) is 39.0 Å². The van der Waals surface area contributed by atoms with Crippen LogP contribution in [0.25, 0.3) is 0 Å². The van der Waals surface area contributed by atoms with Crippen LogP contribution in [0.15, 0.2) is 0 Å². The summed E-state index contributed by atoms with van der Waals surface area (Å²) in [7, 11) is 0. The van der Waals surface area contributed by atoms with Gasteiger partial charge in [0, 0.05) is 5.92 Å². The highest BCUT2D eigenvalue weighted by molar-refractivity contribution is 4.97. The van der Waals surface area contributed by atoms with Gasteiger partial charge in [-0.25, -0.2) is 0 Å². The van der Waals surface area contributed by atoms with Crippen molar-refractivity contribution < 1.29 is 24.1 Å². The maximum atomic E-state index is 9.38. The van der Waals surface area contributed by atoms with Crippen molar-refractivity contribution in [3.05, 3.63) is 0 Å². The Balaban J connectivity index is 1.86. The molecule has 0 unspecified atom stereocenters. The predicted molar refractivity (Wildman–Crippen MR) is 44.4 cm³/mol. The van der Waals surface area contributed by atoms with E-state index in [1.54, 1.807) is 0 Å². The van der Waals surface area contributed by atoms with E-state index in [4.69, 9.17) is 18.9 Å². The second-order valence-corrected chi connectivity index (χ2v) is 4.29. The van der Waals surface area contributed by atoms with Crippen LogP contribution in [-0.4, -0.2) is 50.7 Å². The molecule has 4 aliphatic heterocycles. The van der Waals surface area contributed by atoms with Crippen LogP contribution >= 0.6 is 0 Å². The molecule has 0 aromatic rings. The molecule has 0 atom stereocenters. The van der Waals surface area contributed by atoms with Crippen molar-refractivity contribution in [2.75, 3.05) is 39.6 Å². The molecular weight excluding hydrogens is 188 g/mol. The van der Waals surface area contributed by atoms with E-state index < -0.39 is 11.4 Å². The number of fused-ring (bicyclic) bond motifs is 3. The van der Waals surface area contributed by atoms with Gasteiger partial charge in [-0.05, 0) is 0 Å². The molecule has 5 heteroatoms. The van der Waals surface area contributed by atoms with Crippen molar-refractivity contribution >= 4 is 0 Å². The average molecular weight is 202 g/mol. The minimum atomic E-state index is -1.05. The summed E-state index contributed by atoms with van der Waals surface area (Å²) >= 11 is 0. The van der Waals surface area contributed by atoms with Crippen molar-refractivity contribution in [3.63, 3.8) is 0 Å². The Kier molecular flexibility index (Phi) is 1.87. The first-order chi connectivity index (χ1) is 6.80. The number of aliphatic hydroxyl groups excluding tert-OH is 1. The predicted octanol–water partition coefficient (Wildman–Crippen LogP) is -0.658. The number of hydrogen-bond donors (Lipinski definition) is 1. The van der Waals surface area contributed by atoms with E-state index >= 15 is 0 Å². The van der Waals surface area contributed by atoms with Crippen LogP contribution in [0.3, 0.4) is 0 Å². The molecule has 4 rings (SSSR count). The van der Waals surface area contributed by atoms with Gasteiger partial charge in [0.1, 0.15) is 5.41 Å². The molecule has 0 aromatic carbocycles. The van der Waals surface area contributed by atoms with Crippen LogP contribution in [0.2, 0.25) is 0 Å². The van der Waals surface area contributed by atoms with Gasteiger partial charge in [-0.15, -0.1) is 0 Å². The van der Waals surface area contributed by atoms with Crippen LogP contribution in [-0.2, 0) is 18.9 Å². The fourth-order valence-corrected chi connectivity index (χ4v) is 2.12. The first kappa shape index (κ1) is 9.06. The quantitative estimate of drug-likeness (QED) is 0.644. The van der Waals surface area contributed by atoms with Gasteiger partial charge in [0.25, 0.3) is 5.97 Å². The summed E-state index contributed by atoms with van der Waals surface area (Å²) in [6.07, 6.45) is 0. The Hall–Kier alpha value is -0.200. The van der Waals surface area contributed by atoms with Crippen molar-refractivity contribution in [3.8, 4) is 0 Å². The number of ether oxygens (including phenoxy) is 4. The van der Waals surface area contributed by atoms with Crippen molar-refractivity contribution in [1.29, 1.82) is 0 Å². The van der Waals surface area contributed by atoms with Gasteiger partial charge in [0.2, 0.25) is 0 Å². The highest BCUT2D eigenvalue weighted by Gasteiger charge is 2.63. The zero-order valence-corrected chi connectivity index (χ0v) is 7.90. The van der Waals surface area contributed by atoms with E-state index in [-0.39, 0.29) is 6.61 Å². The van der Waals surface area contributed by atoms with Gasteiger partial charge in [0.05, 0.1) is 39.6 Å². The summed E-state index contributed by atoms with van der Waals surface area (Å²) in [5, 5.41) is 9.38. The molecule has 4 aliphatic rings. The Bertz CT molecular complexity index is 210. The molecule has 4 saturated heterocycles. The summed E-state index contributed by atoms with van der Waals surface area (Å²) < 4.78 is 21.9. The molecule has 14 heavy (non-hydrogen) atoms. The second-order valence-electron chi connectivity index (χ2n) is 4.29. The fourth-order valence-electron chi connectivity index (χ4n) is 2.12. The van der Waals surface area contributed by atoms with E-state index in [0.717, 1.165) is 0 Å². The minimum Gasteiger partial charge on any atom is -0.395 e. The van der Waals surface area contributed by atoms with Gasteiger partial charge < -0.3 is 24.1 Å². The van der Waals surface area contributed by atoms with Gasteiger partial charge in [-0.3, -0.25) is 0 Å². The third-order valence-electron chi connectivity index (χ3n) is 3.24. The van der Waals surface area contributed by atoms with Crippen molar-refractivity contribution in [2.45, 2.75) is 5.97 Å². The highest BCUT2D eigenvalue weighted by atomic mass is 16.9. The third-order valence-corrected chi connectivity index (χ3v) is 3.24. The maximum absolute atomic E-state index is 9.38. The molecule has 0 amide bonds. The summed E-state index contributed by atoms with van der Waals surface area (Å²) in [6.45, 7) is 2.81. The van der Waals surface area contributed by atoms with E-state index in [2.05, 4.69) is 0 Å². The molecule has 0 aromatic heterocycles. The molecule has 1 N–H and O–H groups in total. The van der Waals surface area contributed by atoms with E-state index in [1.165, 1.54) is 0 Å². The highest BCUT2D eigenvalue weighted by Crippen LogP contribution is 2.47. The lowest BCUT2D eigenvalue weighted by atomic mass is 9.82. The lowest BCUT2D eigenvalue weighted by Gasteiger charge is -2.57. The SMILES string of the molecule is OCC1(C23OCC(CO2)CO3)COC1. The smallest absolute Gasteiger partial charge is 0.295 e. The topological polar surface area (TPSA) is 57.2 Å². The molecule has 0 saturated carbocycles. The molecular formula is C9H14O5. The molecule has 0 aliphatic carbocycles. The lowest BCUT2D eigenvalue weighted by Crippen LogP contribution is -2.70. The van der Waals surface area contributed by atoms with Gasteiger partial charge in [-0.1, -0.05) is 0 Å². The van der Waals surface area contributed by atoms with Crippen LogP contribution in [0.1, 0.15) is 0 Å². The second kappa shape index (κ2) is 2.90. The summed E-state index contributed by atoms with van der Waals surface area (Å²) in [5.41, 5.74) is -0.515. The van der Waals surface area contributed by atoms with Crippen LogP contribution < -0.4 is 0 Å². The first-order valence-corrected chi connectivity index (χ1v) is 4.91. The zero-order valence-electron chi connectivity index (χ0n) is 7.90. The van der Waals surface area contributed by atoms with Crippen molar-refractivity contribution in [2.24, 2.45) is 11.3 Å². The number of aliphatic hydroxyl groups is 1. The third kappa shape index (κ3) is 0.963. The first-order valence-electron chi connectivity index (χ1n) is 4.91. The molecule has 0 radical (unpaired) electrons. The van der Waals surface area contributed by atoms with E-state index in [9.17, 15) is 5.11 Å². The average Bonchev–Trinajstić information content (AvgIpc) is 2.19. The molecule has 0 spiro atoms. The standard InChI is InChI=1S/C9H14O5/c10-4-8(5-11-6-8)9-12-1-7(2-13-9)3-14-9/h7,10H,1-6H2. The summed E-state index contributed by atoms with van der Waals surface area (Å²) in [5.74, 6) is -0.706. The Morgan fingerprint density at radius 3 is 2.00 bits per heavy atom. The Morgan fingerprint density at radius 2 is 1.64 bits per heavy atom. The zero-order chi connectivity index (χ0) is 9.65. The van der Waals surface area contributed by atoms with Crippen LogP contribution in [0, 0.1) is 11.3 Å². The molecule has 2 bridgehead atoms. The molecule has 80 valence electrons.